The first-order chi connectivity index (χ1) is 16.5. The van der Waals surface area contributed by atoms with Crippen molar-refractivity contribution in [1.29, 1.82) is 0 Å². The molecule has 34 heavy (non-hydrogen) atoms. The van der Waals surface area contributed by atoms with Crippen molar-refractivity contribution >= 4 is 40.0 Å². The number of carbonyl (C=O) groups excluding carboxylic acids is 2. The number of Topliss-reactive ketones (excluding diaryl/α,β-unsaturated/α-hetero) is 1. The molecule has 3 aromatic carbocycles. The van der Waals surface area contributed by atoms with E-state index in [-0.39, 0.29) is 34.7 Å². The van der Waals surface area contributed by atoms with Gasteiger partial charge < -0.3 is 21.0 Å². The van der Waals surface area contributed by atoms with Gasteiger partial charge in [0.2, 0.25) is 5.78 Å². The minimum atomic E-state index is -0.427. The van der Waals surface area contributed by atoms with E-state index in [0.29, 0.717) is 5.56 Å². The molecule has 0 unspecified atom stereocenters. The number of fused-ring (bicyclic) bond motifs is 1. The number of aromatic hydroxyl groups is 1. The van der Waals surface area contributed by atoms with Gasteiger partial charge in [-0.1, -0.05) is 67.3 Å². The van der Waals surface area contributed by atoms with Crippen molar-refractivity contribution in [2.75, 3.05) is 0 Å². The Morgan fingerprint density at radius 2 is 1.79 bits per heavy atom. The summed E-state index contributed by atoms with van der Waals surface area (Å²) in [6.07, 6.45) is 4.99. The lowest BCUT2D eigenvalue weighted by Crippen LogP contribution is -2.36. The molecule has 1 fully saturated rings. The quantitative estimate of drug-likeness (QED) is 0.192. The largest absolute Gasteiger partial charge is 0.506 e. The van der Waals surface area contributed by atoms with Gasteiger partial charge in [-0.2, -0.15) is 5.10 Å². The number of nitrogens with two attached hydrogens (primary N) is 1. The van der Waals surface area contributed by atoms with Crippen molar-refractivity contribution in [2.45, 2.75) is 44.8 Å². The molecule has 4 N–H and O–H groups in total. The molecule has 1 saturated carbocycles. The van der Waals surface area contributed by atoms with Gasteiger partial charge in [0, 0.05) is 17.2 Å². The van der Waals surface area contributed by atoms with Gasteiger partial charge in [0.25, 0.3) is 0 Å². The summed E-state index contributed by atoms with van der Waals surface area (Å²) in [6, 6.07) is 15.4. The number of rotatable bonds is 6. The Morgan fingerprint density at radius 3 is 2.50 bits per heavy atom. The maximum absolute atomic E-state index is 13.1. The molecule has 0 spiro atoms. The van der Waals surface area contributed by atoms with E-state index in [9.17, 15) is 14.7 Å². The van der Waals surface area contributed by atoms with Crippen molar-refractivity contribution in [3.8, 4) is 5.75 Å². The molecule has 1 aliphatic rings. The number of amides is 1. The number of hydrogen-bond acceptors (Lipinski definition) is 6. The third kappa shape index (κ3) is 5.15. The highest BCUT2D eigenvalue weighted by atomic mass is 35.5. The summed E-state index contributed by atoms with van der Waals surface area (Å²) in [5.41, 5.74) is 1.65. The van der Waals surface area contributed by atoms with Gasteiger partial charge in [0.15, 0.2) is 0 Å². The van der Waals surface area contributed by atoms with Crippen molar-refractivity contribution in [3.05, 3.63) is 76.3 Å². The van der Waals surface area contributed by atoms with Crippen LogP contribution in [0.2, 0.25) is 5.02 Å². The van der Waals surface area contributed by atoms with Gasteiger partial charge in [-0.05, 0) is 47.4 Å². The Bertz CT molecular complexity index is 1250. The van der Waals surface area contributed by atoms with E-state index in [1.54, 1.807) is 12.1 Å². The number of carbonyl (C=O) groups is 2. The van der Waals surface area contributed by atoms with Crippen LogP contribution < -0.4 is 11.2 Å². The highest BCUT2D eigenvalue weighted by Crippen LogP contribution is 2.28. The van der Waals surface area contributed by atoms with E-state index in [2.05, 4.69) is 10.4 Å². The maximum Gasteiger partial charge on any atom is 0.407 e. The number of phenolic OH excluding ortho intramolecular Hbond substituents is 1. The Hall–Kier alpha value is -3.58. The van der Waals surface area contributed by atoms with Gasteiger partial charge in [0.05, 0.1) is 5.02 Å². The topological polar surface area (TPSA) is 114 Å². The summed E-state index contributed by atoms with van der Waals surface area (Å²) in [7, 11) is 0. The Morgan fingerprint density at radius 1 is 1.06 bits per heavy atom. The molecular weight excluding hydrogens is 454 g/mol. The first kappa shape index (κ1) is 23.6. The molecule has 0 aromatic heterocycles. The molecule has 3 aromatic rings. The number of phenols is 1. The third-order valence-corrected chi connectivity index (χ3v) is 6.41. The standard InChI is InChI=1S/C26H26ClN3O4/c27-22-14-16(11-13-23(22)31)25(32)24(30-28)21-12-10-17(19-8-4-5-9-20(19)21)15-34-26(33)29-18-6-2-1-3-7-18/h4-5,8-14,18,31H,1-3,6-7,15,28H2,(H,29,33). The summed E-state index contributed by atoms with van der Waals surface area (Å²) in [5.74, 6) is 5.09. The summed E-state index contributed by atoms with van der Waals surface area (Å²) in [5, 5.41) is 18.0. The zero-order chi connectivity index (χ0) is 24.1. The van der Waals surface area contributed by atoms with Crippen LogP contribution in [0.3, 0.4) is 0 Å². The number of hydrogen-bond donors (Lipinski definition) is 3. The number of nitrogens with one attached hydrogen (secondary N) is 1. The summed E-state index contributed by atoms with van der Waals surface area (Å²) >= 11 is 5.97. The second kappa shape index (κ2) is 10.6. The Labute approximate surface area is 202 Å². The second-order valence-corrected chi connectivity index (χ2v) is 8.75. The first-order valence-corrected chi connectivity index (χ1v) is 11.6. The van der Waals surface area contributed by atoms with Crippen LogP contribution in [0.25, 0.3) is 10.8 Å². The summed E-state index contributed by atoms with van der Waals surface area (Å²) in [6.45, 7) is 0.0932. The summed E-state index contributed by atoms with van der Waals surface area (Å²) in [4.78, 5) is 25.4. The van der Waals surface area contributed by atoms with Crippen LogP contribution in [0.4, 0.5) is 4.79 Å². The first-order valence-electron chi connectivity index (χ1n) is 11.2. The number of halogens is 1. The normalized spacial score (nSPS) is 14.7. The highest BCUT2D eigenvalue weighted by molar-refractivity contribution is 6.53. The van der Waals surface area contributed by atoms with Crippen molar-refractivity contribution in [2.24, 2.45) is 10.9 Å². The minimum absolute atomic E-state index is 0.0560. The SMILES string of the molecule is NN=C(C(=O)c1ccc(O)c(Cl)c1)c1ccc(COC(=O)NC2CCCCC2)c2ccccc12. The van der Waals surface area contributed by atoms with Crippen molar-refractivity contribution < 1.29 is 19.4 Å². The molecular formula is C26H26ClN3O4. The summed E-state index contributed by atoms with van der Waals surface area (Å²) < 4.78 is 5.50. The van der Waals surface area contributed by atoms with Crippen LogP contribution in [-0.4, -0.2) is 28.7 Å². The van der Waals surface area contributed by atoms with E-state index in [1.165, 1.54) is 24.6 Å². The monoisotopic (exact) mass is 479 g/mol. The fourth-order valence-electron chi connectivity index (χ4n) is 4.33. The van der Waals surface area contributed by atoms with E-state index >= 15 is 0 Å². The molecule has 7 nitrogen and oxygen atoms in total. The van der Waals surface area contributed by atoms with E-state index < -0.39 is 11.9 Å². The molecule has 4 rings (SSSR count). The molecule has 0 saturated heterocycles. The minimum Gasteiger partial charge on any atom is -0.506 e. The zero-order valence-electron chi connectivity index (χ0n) is 18.6. The van der Waals surface area contributed by atoms with Crippen LogP contribution >= 0.6 is 11.6 Å². The van der Waals surface area contributed by atoms with Gasteiger partial charge in [-0.25, -0.2) is 4.79 Å². The number of nitrogens with zero attached hydrogens (tertiary/aromatic N) is 1. The lowest BCUT2D eigenvalue weighted by Gasteiger charge is -2.22. The van der Waals surface area contributed by atoms with Gasteiger partial charge in [-0.3, -0.25) is 4.79 Å². The average Bonchev–Trinajstić information content (AvgIpc) is 2.86. The van der Waals surface area contributed by atoms with E-state index in [0.717, 1.165) is 42.0 Å². The number of ether oxygens (including phenoxy) is 1. The van der Waals surface area contributed by atoms with Gasteiger partial charge in [-0.15, -0.1) is 0 Å². The van der Waals surface area contributed by atoms with Crippen LogP contribution in [0.15, 0.2) is 59.7 Å². The molecule has 1 amide bonds. The predicted molar refractivity (Wildman–Crippen MR) is 132 cm³/mol. The van der Waals surface area contributed by atoms with Crippen LogP contribution in [0.1, 0.15) is 53.6 Å². The van der Waals surface area contributed by atoms with E-state index in [4.69, 9.17) is 22.2 Å². The molecule has 0 atom stereocenters. The molecule has 176 valence electrons. The molecule has 0 heterocycles. The molecule has 8 heteroatoms. The Kier molecular flexibility index (Phi) is 7.33. The smallest absolute Gasteiger partial charge is 0.407 e. The number of benzene rings is 3. The van der Waals surface area contributed by atoms with Crippen LogP contribution in [0.5, 0.6) is 5.75 Å². The molecule has 0 bridgehead atoms. The molecule has 0 radical (unpaired) electrons. The maximum atomic E-state index is 13.1. The number of alkyl carbamates (subject to hydrolysis) is 1. The second-order valence-electron chi connectivity index (χ2n) is 8.35. The highest BCUT2D eigenvalue weighted by Gasteiger charge is 2.21. The van der Waals surface area contributed by atoms with Gasteiger partial charge >= 0.3 is 6.09 Å². The lowest BCUT2D eigenvalue weighted by atomic mass is 9.93. The lowest BCUT2D eigenvalue weighted by molar-refractivity contribution is 0.106. The fourth-order valence-corrected chi connectivity index (χ4v) is 4.51. The van der Waals surface area contributed by atoms with Crippen molar-refractivity contribution in [3.63, 3.8) is 0 Å². The number of hydrazone groups is 1. The average molecular weight is 480 g/mol. The number of ketones is 1. The van der Waals surface area contributed by atoms with E-state index in [1.807, 2.05) is 24.3 Å². The third-order valence-electron chi connectivity index (χ3n) is 6.11. The fraction of sp³-hybridized carbons (Fsp3) is 0.269. The van der Waals surface area contributed by atoms with Crippen LogP contribution in [-0.2, 0) is 11.3 Å². The van der Waals surface area contributed by atoms with Crippen molar-refractivity contribution in [1.82, 2.24) is 5.32 Å². The van der Waals surface area contributed by atoms with Gasteiger partial charge in [0.1, 0.15) is 18.1 Å². The van der Waals surface area contributed by atoms with Crippen LogP contribution in [0, 0.1) is 0 Å². The Balaban J connectivity index is 1.57. The predicted octanol–water partition coefficient (Wildman–Crippen LogP) is 5.30. The molecule has 1 aliphatic carbocycles. The zero-order valence-corrected chi connectivity index (χ0v) is 19.3. The molecule has 0 aliphatic heterocycles.